The van der Waals surface area contributed by atoms with Crippen LogP contribution in [0.25, 0.3) is 0 Å². The number of carbonyl (C=O) groups is 3. The summed E-state index contributed by atoms with van der Waals surface area (Å²) in [6.07, 6.45) is 16.2. The van der Waals surface area contributed by atoms with Gasteiger partial charge in [0.05, 0.1) is 37.4 Å². The van der Waals surface area contributed by atoms with Gasteiger partial charge < -0.3 is 50.2 Å². The second kappa shape index (κ2) is 34.8. The highest BCUT2D eigenvalue weighted by atomic mass is 31.3. The largest absolute Gasteiger partial charge is 0.481 e. The van der Waals surface area contributed by atoms with E-state index in [9.17, 15) is 58.5 Å². The Kier molecular flexibility index (Phi) is 30.3. The molecule has 73 heavy (non-hydrogen) atoms. The smallest absolute Gasteiger partial charge is 0.462 e. The number of allylic oxidation sites excluding steroid dienone is 6. The molecule has 0 amide bonds. The molecule has 2 aliphatic rings. The van der Waals surface area contributed by atoms with Gasteiger partial charge in [-0.1, -0.05) is 120 Å². The van der Waals surface area contributed by atoms with Gasteiger partial charge in [-0.25, -0.2) is 13.9 Å². The zero-order chi connectivity index (χ0) is 53.7. The number of aliphatic hydroxyl groups is 4. The molecule has 1 aromatic heterocycles. The second-order valence-corrected chi connectivity index (χ2v) is 21.5. The maximum atomic E-state index is 14.3. The number of nitrogens with two attached hydrogens (primary N) is 1. The summed E-state index contributed by atoms with van der Waals surface area (Å²) < 4.78 is 58.9. The Hall–Kier alpha value is -3.69. The number of nitrogens with zero attached hydrogens (tertiary/aromatic N) is 2. The van der Waals surface area contributed by atoms with E-state index in [2.05, 4.69) is 52.7 Å². The van der Waals surface area contributed by atoms with Gasteiger partial charge in [-0.3, -0.25) is 28.0 Å². The van der Waals surface area contributed by atoms with Crippen LogP contribution in [0.4, 0.5) is 5.82 Å². The molecule has 3 rings (SSSR count). The highest BCUT2D eigenvalue weighted by Crippen LogP contribution is 2.60. The Morgan fingerprint density at radius 1 is 0.877 bits per heavy atom. The number of esters is 2. The van der Waals surface area contributed by atoms with Gasteiger partial charge in [-0.05, 0) is 63.9 Å². The number of carbonyl (C=O) groups excluding carboxylic acids is 3. The van der Waals surface area contributed by atoms with Crippen molar-refractivity contribution in [1.29, 1.82) is 0 Å². The predicted molar refractivity (Wildman–Crippen MR) is 271 cm³/mol. The average Bonchev–Trinajstić information content (AvgIpc) is 3.33. The predicted octanol–water partition coefficient (Wildman–Crippen LogP) is 7.14. The van der Waals surface area contributed by atoms with E-state index in [1.54, 1.807) is 0 Å². The van der Waals surface area contributed by atoms with E-state index in [1.165, 1.54) is 24.4 Å². The highest BCUT2D eigenvalue weighted by molar-refractivity contribution is 7.61. The van der Waals surface area contributed by atoms with Crippen molar-refractivity contribution in [2.24, 2.45) is 11.8 Å². The van der Waals surface area contributed by atoms with Crippen LogP contribution in [0.3, 0.4) is 0 Å². The van der Waals surface area contributed by atoms with E-state index < -0.39 is 120 Å². The molecule has 2 aliphatic heterocycles. The van der Waals surface area contributed by atoms with E-state index in [4.69, 9.17) is 29.0 Å². The molecule has 2 fully saturated rings. The van der Waals surface area contributed by atoms with Crippen molar-refractivity contribution < 1.29 is 81.3 Å². The zero-order valence-electron chi connectivity index (χ0n) is 42.4. The summed E-state index contributed by atoms with van der Waals surface area (Å²) in [6, 6.07) is 1.23. The molecule has 0 radical (unpaired) electrons. The van der Waals surface area contributed by atoms with Crippen LogP contribution in [0.5, 0.6) is 0 Å². The number of hydrogen-bond donors (Lipinski definition) is 7. The number of cyclic esters (lactones) is 1. The van der Waals surface area contributed by atoms with Crippen LogP contribution in [-0.2, 0) is 51.1 Å². The van der Waals surface area contributed by atoms with Crippen molar-refractivity contribution in [1.82, 2.24) is 9.55 Å². The Bertz CT molecular complexity index is 2080. The SMILES string of the molecule is CC/C=C\C/C=C\C/C=C\CCCCCCCC(=O)OC[C@@H]1COP(=O)(O)OP(=O)(O)OC[C@H]2O[C@@H](n3ccc(N)nc3=O)[C@@H](CCCCCCC(=O)O1)C(=O)C[C@@H](O)[C@H](/C=C\[C@@H](O)CCCCC)[C@H](O)[C@@H]2O. The summed E-state index contributed by atoms with van der Waals surface area (Å²) in [4.78, 5) is 78.4. The van der Waals surface area contributed by atoms with Crippen LogP contribution in [0.15, 0.2) is 65.7 Å². The van der Waals surface area contributed by atoms with Crippen molar-refractivity contribution >= 4 is 39.2 Å². The number of aliphatic hydroxyl groups excluding tert-OH is 4. The summed E-state index contributed by atoms with van der Waals surface area (Å²) >= 11 is 0. The molecule has 0 saturated carbocycles. The van der Waals surface area contributed by atoms with Crippen molar-refractivity contribution in [2.45, 2.75) is 192 Å². The number of aromatic nitrogens is 2. The molecule has 2 saturated heterocycles. The second-order valence-electron chi connectivity index (χ2n) is 18.4. The van der Waals surface area contributed by atoms with E-state index in [1.807, 2.05) is 6.92 Å². The number of ketones is 1. The van der Waals surface area contributed by atoms with Crippen LogP contribution >= 0.6 is 15.6 Å². The first-order chi connectivity index (χ1) is 34.9. The van der Waals surface area contributed by atoms with Gasteiger partial charge in [0.2, 0.25) is 0 Å². The Morgan fingerprint density at radius 2 is 1.55 bits per heavy atom. The third-order valence-electron chi connectivity index (χ3n) is 12.3. The number of unbranched alkanes of at least 4 members (excludes halogenated alkanes) is 7. The van der Waals surface area contributed by atoms with E-state index in [0.29, 0.717) is 38.5 Å². The number of rotatable bonds is 22. The third-order valence-corrected chi connectivity index (χ3v) is 14.9. The fraction of sp³-hybridized carbons (Fsp3) is 0.700. The third kappa shape index (κ3) is 25.6. The van der Waals surface area contributed by atoms with Crippen molar-refractivity contribution in [3.05, 3.63) is 71.4 Å². The van der Waals surface area contributed by atoms with Crippen LogP contribution in [0, 0.1) is 11.8 Å². The molecule has 8 N–H and O–H groups in total. The van der Waals surface area contributed by atoms with E-state index in [-0.39, 0.29) is 31.5 Å². The molecule has 11 atom stereocenters. The summed E-state index contributed by atoms with van der Waals surface area (Å²) in [5.41, 5.74) is 4.75. The van der Waals surface area contributed by atoms with Gasteiger partial charge in [0.15, 0.2) is 6.10 Å². The van der Waals surface area contributed by atoms with Crippen molar-refractivity contribution in [2.75, 3.05) is 25.6 Å². The maximum absolute atomic E-state index is 14.3. The lowest BCUT2D eigenvalue weighted by Crippen LogP contribution is -2.51. The molecule has 3 heterocycles. The zero-order valence-corrected chi connectivity index (χ0v) is 44.2. The molecule has 414 valence electrons. The summed E-state index contributed by atoms with van der Waals surface area (Å²) in [5.74, 6) is -4.95. The summed E-state index contributed by atoms with van der Waals surface area (Å²) in [6.45, 7) is 1.36. The first-order valence-electron chi connectivity index (χ1n) is 25.8. The number of fused-ring (bicyclic) bond motifs is 3. The van der Waals surface area contributed by atoms with Gasteiger partial charge in [0, 0.05) is 31.4 Å². The van der Waals surface area contributed by atoms with Gasteiger partial charge >= 0.3 is 33.3 Å². The van der Waals surface area contributed by atoms with Crippen molar-refractivity contribution in [3.8, 4) is 0 Å². The van der Waals surface area contributed by atoms with Gasteiger partial charge in [-0.2, -0.15) is 9.29 Å². The Morgan fingerprint density at radius 3 is 2.26 bits per heavy atom. The first-order valence-corrected chi connectivity index (χ1v) is 28.7. The van der Waals surface area contributed by atoms with E-state index in [0.717, 1.165) is 68.8 Å². The van der Waals surface area contributed by atoms with Crippen LogP contribution in [0.1, 0.15) is 155 Å². The van der Waals surface area contributed by atoms with Gasteiger partial charge in [0.1, 0.15) is 36.6 Å². The average molecular weight is 1070 g/mol. The van der Waals surface area contributed by atoms with Crippen LogP contribution < -0.4 is 11.4 Å². The molecule has 23 heteroatoms. The van der Waals surface area contributed by atoms with Crippen LogP contribution in [0.2, 0.25) is 0 Å². The molecule has 0 spiro atoms. The fourth-order valence-corrected chi connectivity index (χ4v) is 10.3. The Labute approximate surface area is 429 Å². The normalized spacial score (nSPS) is 29.5. The maximum Gasteiger partial charge on any atom is 0.481 e. The number of Topliss-reactive ketones (excluding diaryl/α,β-unsaturated/α-hetero) is 1. The van der Waals surface area contributed by atoms with Gasteiger partial charge in [-0.15, -0.1) is 0 Å². The van der Waals surface area contributed by atoms with Crippen LogP contribution in [-0.4, -0.2) is 114 Å². The quantitative estimate of drug-likeness (QED) is 0.0262. The summed E-state index contributed by atoms with van der Waals surface area (Å²) in [7, 11) is -11.3. The number of nitrogen functional groups attached to an aromatic ring is 1. The minimum absolute atomic E-state index is 0.00578. The minimum Gasteiger partial charge on any atom is -0.462 e. The number of anilines is 1. The molecule has 21 nitrogen and oxygen atoms in total. The Balaban J connectivity index is 1.77. The number of phosphoric acid groups is 2. The number of ether oxygens (including phenoxy) is 3. The molecule has 2 unspecified atom stereocenters. The fourth-order valence-electron chi connectivity index (χ4n) is 8.22. The molecule has 0 aliphatic carbocycles. The topological polar surface area (TPSA) is 323 Å². The minimum atomic E-state index is -5.71. The number of hydrogen-bond acceptors (Lipinski definition) is 18. The van der Waals surface area contributed by atoms with Gasteiger partial charge in [0.25, 0.3) is 0 Å². The molecule has 2 bridgehead atoms. The molecule has 0 aromatic carbocycles. The molecule has 1 aromatic rings. The lowest BCUT2D eigenvalue weighted by molar-refractivity contribution is -0.184. The molecular formula is C50H81N3O18P2. The summed E-state index contributed by atoms with van der Waals surface area (Å²) in [5, 5.41) is 45.5. The standard InChI is InChI=1S/C50H81N3O18P2/c1-3-5-7-8-9-10-11-12-13-14-15-16-17-18-23-27-45(57)66-34-38-35-67-72(62,63)71-73(64,65)68-36-43-48(60)47(59)39(30-29-37(54)25-21-6-4-2)41(55)33-42(56)40(26-22-19-20-24-28-46(58)69-38)49(70-43)53-32-31-44(51)52-50(53)61/h5,7,9-10,12-13,29-32,37-41,43,47-49,54-55,59-60H,3-4,6,8,11,14-28,33-36H2,1-2H3,(H,62,63)(H,64,65)(H2,51,52,61)/b7-5-,10-9-,13-12-,30-29-/t37-,38+,39-,40-,41+,43+,47-,48+,49+/m0/s1. The first kappa shape index (κ1) is 63.6. The van der Waals surface area contributed by atoms with Crippen molar-refractivity contribution in [3.63, 3.8) is 0 Å². The molecular weight excluding hydrogens is 993 g/mol. The lowest BCUT2D eigenvalue weighted by Gasteiger charge is -2.38. The lowest BCUT2D eigenvalue weighted by atomic mass is 9.83. The highest BCUT2D eigenvalue weighted by Gasteiger charge is 2.45. The monoisotopic (exact) mass is 1070 g/mol. The van der Waals surface area contributed by atoms with E-state index >= 15 is 0 Å². The number of phosphoric ester groups is 2.